The summed E-state index contributed by atoms with van der Waals surface area (Å²) in [6.07, 6.45) is 0. The van der Waals surface area contributed by atoms with Crippen molar-refractivity contribution >= 4 is 53.3 Å². The summed E-state index contributed by atoms with van der Waals surface area (Å²) in [4.78, 5) is 15.6. The predicted molar refractivity (Wildman–Crippen MR) is 260 cm³/mol. The van der Waals surface area contributed by atoms with Crippen LogP contribution in [0.3, 0.4) is 0 Å². The maximum atomic E-state index is 5.27. The second-order valence-electron chi connectivity index (χ2n) is 15.6. The topological polar surface area (TPSA) is 43.6 Å². The fraction of sp³-hybridized carbons (Fsp3) is 0. The van der Waals surface area contributed by atoms with Gasteiger partial charge in [-0.1, -0.05) is 200 Å². The number of para-hydroxylation sites is 2. The second-order valence-corrected chi connectivity index (χ2v) is 16.6. The van der Waals surface area contributed by atoms with E-state index in [9.17, 15) is 0 Å². The summed E-state index contributed by atoms with van der Waals surface area (Å²) >= 11 is 1.88. The lowest BCUT2D eigenvalue weighted by atomic mass is 9.99. The Morgan fingerprint density at radius 2 is 0.742 bits per heavy atom. The zero-order chi connectivity index (χ0) is 41.0. The summed E-state index contributed by atoms with van der Waals surface area (Å²) < 4.78 is 4.96. The lowest BCUT2D eigenvalue weighted by Crippen LogP contribution is -2.03. The van der Waals surface area contributed by atoms with Crippen LogP contribution in [0.4, 0.5) is 0 Å². The van der Waals surface area contributed by atoms with Crippen LogP contribution in [0.2, 0.25) is 0 Å². The van der Waals surface area contributed by atoms with Crippen molar-refractivity contribution in [3.8, 4) is 73.2 Å². The molecule has 0 amide bonds. The van der Waals surface area contributed by atoms with Crippen LogP contribution >= 0.6 is 11.3 Å². The largest absolute Gasteiger partial charge is 0.307 e. The van der Waals surface area contributed by atoms with Gasteiger partial charge in [-0.25, -0.2) is 15.0 Å². The minimum atomic E-state index is 0.618. The Labute approximate surface area is 362 Å². The molecule has 62 heavy (non-hydrogen) atoms. The molecule has 0 saturated carbocycles. The molecule has 0 spiro atoms. The SMILES string of the molecule is c1ccc(-c2ccc(-c3nc(-c4ccccc4)nc(-c4ccccc4-n4c5ccccc5c5ccc6c7cccc(-c8ccc(-c9ccccc9)cc8)c7sc6c54)n3)cc2)cc1. The molecule has 12 aromatic rings. The van der Waals surface area contributed by atoms with Gasteiger partial charge < -0.3 is 4.57 Å². The van der Waals surface area contributed by atoms with Crippen molar-refractivity contribution in [1.82, 2.24) is 19.5 Å². The van der Waals surface area contributed by atoms with Gasteiger partial charge in [0.25, 0.3) is 0 Å². The third-order valence-corrected chi connectivity index (χ3v) is 13.2. The zero-order valence-electron chi connectivity index (χ0n) is 33.5. The van der Waals surface area contributed by atoms with Gasteiger partial charge in [0.1, 0.15) is 0 Å². The maximum absolute atomic E-state index is 5.27. The van der Waals surface area contributed by atoms with Crippen molar-refractivity contribution in [2.45, 2.75) is 0 Å². The van der Waals surface area contributed by atoms with Crippen molar-refractivity contribution in [3.05, 3.63) is 218 Å². The van der Waals surface area contributed by atoms with Gasteiger partial charge in [-0.2, -0.15) is 0 Å². The van der Waals surface area contributed by atoms with Crippen LogP contribution in [0.25, 0.3) is 115 Å². The number of fused-ring (bicyclic) bond motifs is 7. The van der Waals surface area contributed by atoms with E-state index in [2.05, 4.69) is 199 Å². The van der Waals surface area contributed by atoms with Crippen LogP contribution in [-0.4, -0.2) is 19.5 Å². The highest BCUT2D eigenvalue weighted by atomic mass is 32.1. The monoisotopic (exact) mass is 808 g/mol. The molecule has 3 heterocycles. The third kappa shape index (κ3) is 6.09. The summed E-state index contributed by atoms with van der Waals surface area (Å²) in [6.45, 7) is 0. The van der Waals surface area contributed by atoms with E-state index in [1.807, 2.05) is 35.6 Å². The van der Waals surface area contributed by atoms with E-state index in [1.165, 1.54) is 64.3 Å². The first-order valence-corrected chi connectivity index (χ1v) is 21.7. The fourth-order valence-electron chi connectivity index (χ4n) is 8.90. The average molecular weight is 809 g/mol. The summed E-state index contributed by atoms with van der Waals surface area (Å²) in [5.41, 5.74) is 13.3. The summed E-state index contributed by atoms with van der Waals surface area (Å²) in [5.74, 6) is 1.87. The van der Waals surface area contributed by atoms with Gasteiger partial charge in [-0.15, -0.1) is 11.3 Å². The highest BCUT2D eigenvalue weighted by molar-refractivity contribution is 7.27. The Morgan fingerprint density at radius 3 is 1.42 bits per heavy atom. The van der Waals surface area contributed by atoms with E-state index in [4.69, 9.17) is 15.0 Å². The number of benzene rings is 9. The Bertz CT molecular complexity index is 3590. The van der Waals surface area contributed by atoms with Gasteiger partial charge in [0.15, 0.2) is 17.5 Å². The molecule has 3 aromatic heterocycles. The van der Waals surface area contributed by atoms with E-state index in [0.717, 1.165) is 33.5 Å². The molecule has 0 radical (unpaired) electrons. The summed E-state index contributed by atoms with van der Waals surface area (Å²) in [6, 6.07) is 77.3. The smallest absolute Gasteiger partial charge is 0.166 e. The molecule has 0 fully saturated rings. The van der Waals surface area contributed by atoms with E-state index in [0.29, 0.717) is 17.5 Å². The summed E-state index contributed by atoms with van der Waals surface area (Å²) in [7, 11) is 0. The molecule has 0 aliphatic carbocycles. The quantitative estimate of drug-likeness (QED) is 0.161. The number of hydrogen-bond donors (Lipinski definition) is 0. The van der Waals surface area contributed by atoms with Gasteiger partial charge in [0, 0.05) is 42.9 Å². The molecule has 5 heteroatoms. The highest BCUT2D eigenvalue weighted by Gasteiger charge is 2.22. The first kappa shape index (κ1) is 35.9. The second kappa shape index (κ2) is 14.9. The number of nitrogens with zero attached hydrogens (tertiary/aromatic N) is 4. The molecular weight excluding hydrogens is 773 g/mol. The van der Waals surface area contributed by atoms with Crippen LogP contribution in [0.1, 0.15) is 0 Å². The van der Waals surface area contributed by atoms with Crippen molar-refractivity contribution in [2.24, 2.45) is 0 Å². The van der Waals surface area contributed by atoms with Crippen LogP contribution in [0, 0.1) is 0 Å². The van der Waals surface area contributed by atoms with Gasteiger partial charge in [-0.3, -0.25) is 0 Å². The first-order chi connectivity index (χ1) is 30.7. The van der Waals surface area contributed by atoms with Gasteiger partial charge in [0.2, 0.25) is 0 Å². The normalized spacial score (nSPS) is 11.5. The minimum Gasteiger partial charge on any atom is -0.307 e. The molecule has 0 unspecified atom stereocenters. The number of thiophene rings is 1. The van der Waals surface area contributed by atoms with Gasteiger partial charge in [-0.05, 0) is 51.6 Å². The lowest BCUT2D eigenvalue weighted by molar-refractivity contribution is 1.06. The van der Waals surface area contributed by atoms with E-state index in [1.54, 1.807) is 0 Å². The number of aromatic nitrogens is 4. The number of hydrogen-bond acceptors (Lipinski definition) is 4. The zero-order valence-corrected chi connectivity index (χ0v) is 34.3. The molecule has 0 aliphatic rings. The maximum Gasteiger partial charge on any atom is 0.166 e. The third-order valence-electron chi connectivity index (χ3n) is 11.9. The van der Waals surface area contributed by atoms with Crippen LogP contribution < -0.4 is 0 Å². The average Bonchev–Trinajstić information content (AvgIpc) is 3.91. The highest BCUT2D eigenvalue weighted by Crippen LogP contribution is 2.46. The first-order valence-electron chi connectivity index (χ1n) is 20.9. The molecule has 0 saturated heterocycles. The molecule has 0 aliphatic heterocycles. The minimum absolute atomic E-state index is 0.618. The molecule has 4 nitrogen and oxygen atoms in total. The Kier molecular flexibility index (Phi) is 8.65. The molecular formula is C57H36N4S. The van der Waals surface area contributed by atoms with Crippen LogP contribution in [0.15, 0.2) is 218 Å². The molecule has 12 rings (SSSR count). The fourth-order valence-corrected chi connectivity index (χ4v) is 10.3. The van der Waals surface area contributed by atoms with E-state index >= 15 is 0 Å². The van der Waals surface area contributed by atoms with Crippen LogP contribution in [0.5, 0.6) is 0 Å². The van der Waals surface area contributed by atoms with Crippen molar-refractivity contribution in [2.75, 3.05) is 0 Å². The van der Waals surface area contributed by atoms with Crippen LogP contribution in [-0.2, 0) is 0 Å². The molecule has 0 N–H and O–H groups in total. The van der Waals surface area contributed by atoms with Crippen molar-refractivity contribution in [3.63, 3.8) is 0 Å². The molecule has 9 aromatic carbocycles. The predicted octanol–water partition coefficient (Wildman–Crippen LogP) is 15.3. The molecule has 0 atom stereocenters. The lowest BCUT2D eigenvalue weighted by Gasteiger charge is -2.15. The van der Waals surface area contributed by atoms with Gasteiger partial charge in [0.05, 0.1) is 21.4 Å². The Morgan fingerprint density at radius 1 is 0.290 bits per heavy atom. The molecule has 290 valence electrons. The van der Waals surface area contributed by atoms with Gasteiger partial charge >= 0.3 is 0 Å². The van der Waals surface area contributed by atoms with E-state index < -0.39 is 0 Å². The Balaban J connectivity index is 1.06. The van der Waals surface area contributed by atoms with Crippen molar-refractivity contribution < 1.29 is 0 Å². The standard InChI is InChI=1S/C57H36N4S/c1-4-15-37(16-5-1)39-27-31-41(32-28-39)44-23-14-24-47-48-36-35-46-45-21-10-12-25-50(45)61(52(46)54(48)62-53(44)47)51-26-13-11-22-49(51)57-59-55(42-19-8-3-9-20-42)58-56(60-57)43-33-29-40(30-34-43)38-17-6-2-7-18-38/h1-36H. The van der Waals surface area contributed by atoms with E-state index in [-0.39, 0.29) is 0 Å². The van der Waals surface area contributed by atoms with Crippen molar-refractivity contribution in [1.29, 1.82) is 0 Å². The number of rotatable bonds is 7. The summed E-state index contributed by atoms with van der Waals surface area (Å²) in [5, 5.41) is 4.92. The molecule has 0 bridgehead atoms. The Hall–Kier alpha value is -7.99.